The lowest BCUT2D eigenvalue weighted by molar-refractivity contribution is 0.311. The van der Waals surface area contributed by atoms with Gasteiger partial charge >= 0.3 is 0 Å². The molecule has 0 aliphatic carbocycles. The van der Waals surface area contributed by atoms with Gasteiger partial charge in [-0.15, -0.1) is 0 Å². The molecular weight excluding hydrogens is 355 g/mol. The molecule has 2 heterocycles. The Kier molecular flexibility index (Phi) is 5.99. The first-order valence-electron chi connectivity index (χ1n) is 8.12. The van der Waals surface area contributed by atoms with Gasteiger partial charge in [0.1, 0.15) is 17.5 Å². The highest BCUT2D eigenvalue weighted by molar-refractivity contribution is 6.33. The summed E-state index contributed by atoms with van der Waals surface area (Å²) in [6.07, 6.45) is 1.55. The molecule has 1 aromatic carbocycles. The van der Waals surface area contributed by atoms with Gasteiger partial charge in [0.05, 0.1) is 17.3 Å². The zero-order chi connectivity index (χ0) is 18.4. The molecule has 0 radical (unpaired) electrons. The van der Waals surface area contributed by atoms with E-state index in [1.807, 2.05) is 24.3 Å². The van der Waals surface area contributed by atoms with Crippen LogP contribution >= 0.6 is 11.6 Å². The fourth-order valence-corrected chi connectivity index (χ4v) is 2.64. The van der Waals surface area contributed by atoms with Crippen LogP contribution in [0.2, 0.25) is 5.02 Å². The van der Waals surface area contributed by atoms with E-state index in [2.05, 4.69) is 20.6 Å². The van der Waals surface area contributed by atoms with Crippen LogP contribution in [0.5, 0.6) is 0 Å². The molecule has 0 saturated carbocycles. The van der Waals surface area contributed by atoms with Crippen LogP contribution < -0.4 is 10.6 Å². The average Bonchev–Trinajstić information content (AvgIpc) is 2.66. The van der Waals surface area contributed by atoms with Crippen molar-refractivity contribution in [2.45, 2.75) is 6.54 Å². The van der Waals surface area contributed by atoms with Crippen LogP contribution in [-0.4, -0.2) is 28.2 Å². The van der Waals surface area contributed by atoms with E-state index in [0.29, 0.717) is 35.4 Å². The van der Waals surface area contributed by atoms with Crippen molar-refractivity contribution in [1.82, 2.24) is 9.97 Å². The minimum absolute atomic E-state index is 0.0113. The summed E-state index contributed by atoms with van der Waals surface area (Å²) >= 11 is 6.27. The molecule has 0 bridgehead atoms. The molecule has 0 atom stereocenters. The van der Waals surface area contributed by atoms with Crippen molar-refractivity contribution in [1.29, 1.82) is 0 Å². The van der Waals surface area contributed by atoms with Crippen molar-refractivity contribution in [2.75, 3.05) is 23.8 Å². The summed E-state index contributed by atoms with van der Waals surface area (Å²) in [5.74, 6) is 1.00. The van der Waals surface area contributed by atoms with Crippen molar-refractivity contribution in [3.8, 4) is 11.3 Å². The standard InChI is InChI=1S/C19H18ClFN4O/c20-16-12-24-19(22-7-8-26)10-15(16)17-5-2-6-18(25-17)23-11-13-3-1-4-14(21)9-13/h1-6,9-10,12,26H,7-8,11H2,(H,22,24)(H,23,25). The number of aromatic nitrogens is 2. The molecule has 5 nitrogen and oxygen atoms in total. The van der Waals surface area contributed by atoms with Gasteiger partial charge in [-0.3, -0.25) is 0 Å². The highest BCUT2D eigenvalue weighted by Gasteiger charge is 2.08. The number of anilines is 2. The van der Waals surface area contributed by atoms with E-state index in [1.54, 1.807) is 18.3 Å². The van der Waals surface area contributed by atoms with E-state index >= 15 is 0 Å². The van der Waals surface area contributed by atoms with Crippen molar-refractivity contribution in [3.63, 3.8) is 0 Å². The van der Waals surface area contributed by atoms with Gasteiger partial charge in [0.25, 0.3) is 0 Å². The summed E-state index contributed by atoms with van der Waals surface area (Å²) in [4.78, 5) is 8.74. The van der Waals surface area contributed by atoms with Crippen LogP contribution in [0.4, 0.5) is 16.0 Å². The second-order valence-corrected chi connectivity index (χ2v) is 6.00. The molecule has 2 aromatic heterocycles. The Morgan fingerprint density at radius 2 is 1.88 bits per heavy atom. The molecule has 3 N–H and O–H groups in total. The molecule has 0 unspecified atom stereocenters. The molecule has 0 aliphatic heterocycles. The van der Waals surface area contributed by atoms with Crippen molar-refractivity contribution in [2.24, 2.45) is 0 Å². The van der Waals surface area contributed by atoms with E-state index in [9.17, 15) is 4.39 Å². The number of nitrogens with zero attached hydrogens (tertiary/aromatic N) is 2. The predicted molar refractivity (Wildman–Crippen MR) is 102 cm³/mol. The molecule has 0 spiro atoms. The second kappa shape index (κ2) is 8.60. The summed E-state index contributed by atoms with van der Waals surface area (Å²) in [7, 11) is 0. The number of aliphatic hydroxyl groups is 1. The zero-order valence-electron chi connectivity index (χ0n) is 13.9. The second-order valence-electron chi connectivity index (χ2n) is 5.59. The van der Waals surface area contributed by atoms with E-state index in [1.165, 1.54) is 12.1 Å². The van der Waals surface area contributed by atoms with E-state index < -0.39 is 0 Å². The molecule has 7 heteroatoms. The summed E-state index contributed by atoms with van der Waals surface area (Å²) in [6.45, 7) is 0.871. The molecule has 26 heavy (non-hydrogen) atoms. The minimum atomic E-state index is -0.266. The van der Waals surface area contributed by atoms with Gasteiger partial charge in [-0.25, -0.2) is 14.4 Å². The Morgan fingerprint density at radius 3 is 2.69 bits per heavy atom. The molecule has 0 amide bonds. The summed E-state index contributed by atoms with van der Waals surface area (Å²) in [5.41, 5.74) is 2.25. The fourth-order valence-electron chi connectivity index (χ4n) is 2.44. The SMILES string of the molecule is OCCNc1cc(-c2cccc(NCc3cccc(F)c3)n2)c(Cl)cn1. The van der Waals surface area contributed by atoms with Crippen molar-refractivity contribution >= 4 is 23.2 Å². The monoisotopic (exact) mass is 372 g/mol. The predicted octanol–water partition coefficient (Wildman–Crippen LogP) is 3.95. The quantitative estimate of drug-likeness (QED) is 0.585. The molecule has 3 rings (SSSR count). The summed E-state index contributed by atoms with van der Waals surface area (Å²) < 4.78 is 13.3. The Bertz CT molecular complexity index is 891. The molecule has 0 aliphatic rings. The number of halogens is 2. The Morgan fingerprint density at radius 1 is 1.04 bits per heavy atom. The van der Waals surface area contributed by atoms with Crippen LogP contribution in [0.1, 0.15) is 5.56 Å². The van der Waals surface area contributed by atoms with Gasteiger partial charge in [0.2, 0.25) is 0 Å². The number of hydrogen-bond acceptors (Lipinski definition) is 5. The lowest BCUT2D eigenvalue weighted by Gasteiger charge is -2.10. The topological polar surface area (TPSA) is 70.1 Å². The van der Waals surface area contributed by atoms with Crippen molar-refractivity contribution < 1.29 is 9.50 Å². The first kappa shape index (κ1) is 18.1. The normalized spacial score (nSPS) is 10.6. The van der Waals surface area contributed by atoms with Crippen LogP contribution in [0, 0.1) is 5.82 Å². The third kappa shape index (κ3) is 4.68. The van der Waals surface area contributed by atoms with Crippen LogP contribution in [-0.2, 0) is 6.54 Å². The summed E-state index contributed by atoms with van der Waals surface area (Å²) in [5, 5.41) is 15.6. The van der Waals surface area contributed by atoms with Gasteiger partial charge in [0.15, 0.2) is 0 Å². The van der Waals surface area contributed by atoms with E-state index in [4.69, 9.17) is 16.7 Å². The van der Waals surface area contributed by atoms with Crippen LogP contribution in [0.15, 0.2) is 54.7 Å². The summed E-state index contributed by atoms with van der Waals surface area (Å²) in [6, 6.07) is 13.8. The average molecular weight is 373 g/mol. The molecule has 3 aromatic rings. The number of rotatable bonds is 7. The maximum absolute atomic E-state index is 13.3. The van der Waals surface area contributed by atoms with Gasteiger partial charge in [-0.1, -0.05) is 29.8 Å². The lowest BCUT2D eigenvalue weighted by Crippen LogP contribution is -2.07. The van der Waals surface area contributed by atoms with E-state index in [-0.39, 0.29) is 12.4 Å². The van der Waals surface area contributed by atoms with Gasteiger partial charge in [-0.05, 0) is 35.9 Å². The van der Waals surface area contributed by atoms with Gasteiger partial charge < -0.3 is 15.7 Å². The maximum Gasteiger partial charge on any atom is 0.126 e. The number of nitrogens with one attached hydrogen (secondary N) is 2. The lowest BCUT2D eigenvalue weighted by atomic mass is 10.1. The number of hydrogen-bond donors (Lipinski definition) is 3. The molecule has 134 valence electrons. The Labute approximate surface area is 155 Å². The zero-order valence-corrected chi connectivity index (χ0v) is 14.7. The molecule has 0 fully saturated rings. The Hall–Kier alpha value is -2.70. The highest BCUT2D eigenvalue weighted by Crippen LogP contribution is 2.28. The first-order valence-corrected chi connectivity index (χ1v) is 8.49. The van der Waals surface area contributed by atoms with Gasteiger partial charge in [0, 0.05) is 24.8 Å². The van der Waals surface area contributed by atoms with E-state index in [0.717, 1.165) is 11.1 Å². The molecular formula is C19H18ClFN4O. The van der Waals surface area contributed by atoms with Crippen LogP contribution in [0.25, 0.3) is 11.3 Å². The van der Waals surface area contributed by atoms with Crippen molar-refractivity contribution in [3.05, 3.63) is 71.1 Å². The maximum atomic E-state index is 13.3. The first-order chi connectivity index (χ1) is 12.7. The number of pyridine rings is 2. The molecule has 0 saturated heterocycles. The smallest absolute Gasteiger partial charge is 0.126 e. The number of benzene rings is 1. The Balaban J connectivity index is 1.78. The van der Waals surface area contributed by atoms with Gasteiger partial charge in [-0.2, -0.15) is 0 Å². The third-order valence-electron chi connectivity index (χ3n) is 3.66. The largest absolute Gasteiger partial charge is 0.395 e. The minimum Gasteiger partial charge on any atom is -0.395 e. The fraction of sp³-hybridized carbons (Fsp3) is 0.158. The third-order valence-corrected chi connectivity index (χ3v) is 3.96. The van der Waals surface area contributed by atoms with Crippen LogP contribution in [0.3, 0.4) is 0 Å². The highest BCUT2D eigenvalue weighted by atomic mass is 35.5. The number of aliphatic hydroxyl groups excluding tert-OH is 1.